The molecule has 0 radical (unpaired) electrons. The van der Waals surface area contributed by atoms with Crippen molar-refractivity contribution in [2.75, 3.05) is 25.5 Å². The van der Waals surface area contributed by atoms with E-state index in [1.54, 1.807) is 16.8 Å². The van der Waals surface area contributed by atoms with Gasteiger partial charge in [0.1, 0.15) is 29.4 Å². The number of fused-ring (bicyclic) bond motifs is 2. The lowest BCUT2D eigenvalue weighted by Crippen LogP contribution is -2.51. The molecule has 2 fully saturated rings. The van der Waals surface area contributed by atoms with Gasteiger partial charge in [0.05, 0.1) is 30.1 Å². The molecule has 2 aromatic carbocycles. The van der Waals surface area contributed by atoms with Crippen molar-refractivity contribution in [3.63, 3.8) is 0 Å². The number of hydrogen-bond donors (Lipinski definition) is 1. The van der Waals surface area contributed by atoms with Gasteiger partial charge in [-0.1, -0.05) is 61.0 Å². The number of rotatable bonds is 3. The third-order valence-electron chi connectivity index (χ3n) is 7.43. The Balaban J connectivity index is 0.000000259. The Kier molecular flexibility index (Phi) is 9.76. The van der Waals surface area contributed by atoms with Crippen molar-refractivity contribution in [1.82, 2.24) is 19.3 Å². The minimum absolute atomic E-state index is 0.181. The molecule has 2 aromatic heterocycles. The van der Waals surface area contributed by atoms with E-state index in [-0.39, 0.29) is 11.8 Å². The van der Waals surface area contributed by atoms with Crippen molar-refractivity contribution in [1.29, 1.82) is 0 Å². The minimum Gasteiger partial charge on any atom is -0.382 e. The number of imidazole rings is 1. The predicted molar refractivity (Wildman–Crippen MR) is 157 cm³/mol. The fraction of sp³-hybridized carbons (Fsp3) is 0.323. The fourth-order valence-corrected chi connectivity index (χ4v) is 5.36. The van der Waals surface area contributed by atoms with Gasteiger partial charge in [0.25, 0.3) is 0 Å². The van der Waals surface area contributed by atoms with E-state index in [0.717, 1.165) is 36.8 Å². The van der Waals surface area contributed by atoms with E-state index in [1.807, 2.05) is 36.1 Å². The van der Waals surface area contributed by atoms with Gasteiger partial charge in [-0.15, -0.1) is 12.8 Å². The van der Waals surface area contributed by atoms with Gasteiger partial charge in [-0.25, -0.2) is 9.97 Å². The van der Waals surface area contributed by atoms with Gasteiger partial charge in [0.15, 0.2) is 0 Å². The standard InChI is InChI=1S/C21H16ClF3N4.C8H13NO2.C2H2/c1-12(15-3-2-4-16(9-15)21(23,24)25)13-5-7-14(8-6-13)18-19-20(26)27-10-17(22)29(19)11-28-18;10-8-6-11-5-7-3-1-2-4-9(7)8;1-2/h2-12H,1H3,(H2,26,27);7H,1-6H2;1-2H/t12-;7-;/m01./s1. The molecule has 2 aliphatic rings. The smallest absolute Gasteiger partial charge is 0.382 e. The first kappa shape index (κ1) is 30.9. The highest BCUT2D eigenvalue weighted by molar-refractivity contribution is 6.29. The van der Waals surface area contributed by atoms with E-state index >= 15 is 0 Å². The molecule has 0 saturated carbocycles. The normalized spacial score (nSPS) is 17.4. The lowest BCUT2D eigenvalue weighted by Gasteiger charge is -2.38. The molecule has 4 heterocycles. The Bertz CT molecular complexity index is 1550. The SMILES string of the molecule is C#C.C[C@@H](c1ccc(-c2ncn3c(Cl)cnc(N)c23)cc1)c1cccc(C(F)(F)F)c1.O=C1COC[C@H]2CCCCN12. The summed E-state index contributed by atoms with van der Waals surface area (Å²) in [5.41, 5.74) is 8.88. The monoisotopic (exact) mass is 597 g/mol. The van der Waals surface area contributed by atoms with Crippen LogP contribution in [0.3, 0.4) is 0 Å². The molecule has 42 heavy (non-hydrogen) atoms. The second kappa shape index (κ2) is 13.3. The van der Waals surface area contributed by atoms with Crippen molar-refractivity contribution in [3.8, 4) is 24.1 Å². The van der Waals surface area contributed by atoms with Crippen LogP contribution in [0.4, 0.5) is 19.0 Å². The van der Waals surface area contributed by atoms with Crippen LogP contribution in [0, 0.1) is 12.8 Å². The second-order valence-electron chi connectivity index (χ2n) is 10.00. The third-order valence-corrected chi connectivity index (χ3v) is 7.71. The van der Waals surface area contributed by atoms with Crippen molar-refractivity contribution in [2.45, 2.75) is 44.3 Å². The maximum absolute atomic E-state index is 13.0. The Morgan fingerprint density at radius 1 is 1.10 bits per heavy atom. The summed E-state index contributed by atoms with van der Waals surface area (Å²) in [5.74, 6) is 0.288. The molecule has 6 rings (SSSR count). The van der Waals surface area contributed by atoms with E-state index in [2.05, 4.69) is 22.8 Å². The zero-order valence-corrected chi connectivity index (χ0v) is 23.8. The molecule has 2 atom stereocenters. The van der Waals surface area contributed by atoms with E-state index in [0.29, 0.717) is 40.4 Å². The van der Waals surface area contributed by atoms with Crippen LogP contribution in [-0.2, 0) is 15.7 Å². The zero-order valence-electron chi connectivity index (χ0n) is 23.0. The number of anilines is 1. The van der Waals surface area contributed by atoms with Gasteiger partial charge < -0.3 is 15.4 Å². The third kappa shape index (κ3) is 6.69. The summed E-state index contributed by atoms with van der Waals surface area (Å²) in [6, 6.07) is 13.3. The van der Waals surface area contributed by atoms with Gasteiger partial charge >= 0.3 is 6.18 Å². The summed E-state index contributed by atoms with van der Waals surface area (Å²) in [7, 11) is 0. The van der Waals surface area contributed by atoms with Crippen LogP contribution in [0.1, 0.15) is 48.8 Å². The number of aromatic nitrogens is 3. The van der Waals surface area contributed by atoms with Crippen molar-refractivity contribution in [3.05, 3.63) is 82.9 Å². The largest absolute Gasteiger partial charge is 0.416 e. The fourth-order valence-electron chi connectivity index (χ4n) is 5.19. The summed E-state index contributed by atoms with van der Waals surface area (Å²) in [4.78, 5) is 21.7. The van der Waals surface area contributed by atoms with Crippen LogP contribution < -0.4 is 5.73 Å². The quantitative estimate of drug-likeness (QED) is 0.274. The van der Waals surface area contributed by atoms with Crippen LogP contribution in [0.5, 0.6) is 0 Å². The van der Waals surface area contributed by atoms with Crippen LogP contribution in [0.25, 0.3) is 16.8 Å². The molecule has 2 saturated heterocycles. The maximum Gasteiger partial charge on any atom is 0.416 e. The number of morpholine rings is 1. The van der Waals surface area contributed by atoms with Gasteiger partial charge in [-0.05, 0) is 36.5 Å². The highest BCUT2D eigenvalue weighted by Crippen LogP contribution is 2.34. The lowest BCUT2D eigenvalue weighted by molar-refractivity contribution is -0.150. The Hall–Kier alpha value is -4.07. The molecule has 220 valence electrons. The number of benzene rings is 2. The van der Waals surface area contributed by atoms with Gasteiger partial charge in [-0.3, -0.25) is 9.20 Å². The van der Waals surface area contributed by atoms with E-state index in [9.17, 15) is 18.0 Å². The molecule has 0 spiro atoms. The number of nitrogens with zero attached hydrogens (tertiary/aromatic N) is 4. The number of amides is 1. The topological polar surface area (TPSA) is 85.8 Å². The van der Waals surface area contributed by atoms with Crippen molar-refractivity contribution >= 4 is 28.8 Å². The number of carbonyl (C=O) groups is 1. The predicted octanol–water partition coefficient (Wildman–Crippen LogP) is 6.45. The number of alkyl halides is 3. The molecule has 11 heteroatoms. The molecule has 4 aromatic rings. The molecule has 0 bridgehead atoms. The molecule has 2 N–H and O–H groups in total. The van der Waals surface area contributed by atoms with Crippen LogP contribution >= 0.6 is 11.6 Å². The van der Waals surface area contributed by atoms with Crippen LogP contribution in [-0.4, -0.2) is 51.0 Å². The van der Waals surface area contributed by atoms with E-state index in [1.165, 1.54) is 31.2 Å². The first-order valence-electron chi connectivity index (χ1n) is 13.4. The van der Waals surface area contributed by atoms with E-state index in [4.69, 9.17) is 22.1 Å². The molecule has 2 aliphatic heterocycles. The summed E-state index contributed by atoms with van der Waals surface area (Å²) < 4.78 is 45.8. The van der Waals surface area contributed by atoms with Gasteiger partial charge in [0.2, 0.25) is 5.91 Å². The Labute approximate surface area is 247 Å². The van der Waals surface area contributed by atoms with Crippen molar-refractivity contribution in [2.24, 2.45) is 0 Å². The maximum atomic E-state index is 13.0. The van der Waals surface area contributed by atoms with Crippen LogP contribution in [0.15, 0.2) is 61.1 Å². The second-order valence-corrected chi connectivity index (χ2v) is 10.4. The Morgan fingerprint density at radius 3 is 2.52 bits per heavy atom. The first-order valence-corrected chi connectivity index (χ1v) is 13.8. The number of terminal acetylenes is 1. The first-order chi connectivity index (χ1) is 20.1. The van der Waals surface area contributed by atoms with Crippen LogP contribution in [0.2, 0.25) is 5.15 Å². The average Bonchev–Trinajstić information content (AvgIpc) is 3.47. The van der Waals surface area contributed by atoms with E-state index < -0.39 is 11.7 Å². The highest BCUT2D eigenvalue weighted by Gasteiger charge is 2.31. The highest BCUT2D eigenvalue weighted by atomic mass is 35.5. The number of piperidine rings is 1. The minimum atomic E-state index is -4.36. The number of carbonyl (C=O) groups excluding carboxylic acids is 1. The number of ether oxygens (including phenoxy) is 1. The number of nitrogens with two attached hydrogens (primary N) is 1. The Morgan fingerprint density at radius 2 is 1.83 bits per heavy atom. The lowest BCUT2D eigenvalue weighted by atomic mass is 9.91. The van der Waals surface area contributed by atoms with Crippen molar-refractivity contribution < 1.29 is 22.7 Å². The summed E-state index contributed by atoms with van der Waals surface area (Å²) in [6.07, 6.45) is 10.2. The number of nitrogen functional groups attached to an aromatic ring is 1. The molecular weight excluding hydrogens is 567 g/mol. The average molecular weight is 598 g/mol. The number of halogens is 4. The molecule has 0 unspecified atom stereocenters. The van der Waals surface area contributed by atoms with Gasteiger partial charge in [0, 0.05) is 18.0 Å². The zero-order chi connectivity index (χ0) is 30.4. The van der Waals surface area contributed by atoms with Gasteiger partial charge in [-0.2, -0.15) is 13.2 Å². The summed E-state index contributed by atoms with van der Waals surface area (Å²) in [6.45, 7) is 3.88. The summed E-state index contributed by atoms with van der Waals surface area (Å²) in [5, 5.41) is 0.391. The molecule has 7 nitrogen and oxygen atoms in total. The molecular formula is C31H31ClF3N5O2. The summed E-state index contributed by atoms with van der Waals surface area (Å²) >= 11 is 6.13. The molecule has 0 aliphatic carbocycles. The molecule has 1 amide bonds. The number of hydrogen-bond acceptors (Lipinski definition) is 5.